The molecule has 115 heavy (non-hydrogen) atoms. The van der Waals surface area contributed by atoms with Crippen LogP contribution in [0, 0.1) is 6.92 Å². The molecule has 646 valence electrons. The van der Waals surface area contributed by atoms with Gasteiger partial charge in [-0.25, -0.2) is 0 Å². The summed E-state index contributed by atoms with van der Waals surface area (Å²) in [6, 6.07) is 26.6. The summed E-state index contributed by atoms with van der Waals surface area (Å²) in [5.74, 6) is 0.878. The van der Waals surface area contributed by atoms with Gasteiger partial charge in [0, 0.05) is 164 Å². The quantitative estimate of drug-likeness (QED) is 0.0514. The highest BCUT2D eigenvalue weighted by Crippen LogP contribution is 2.30. The van der Waals surface area contributed by atoms with Crippen molar-refractivity contribution < 1.29 is 17.9 Å². The Morgan fingerprint density at radius 1 is 0.374 bits per heavy atom. The number of hydrogen-bond acceptors (Lipinski definition) is 23. The highest BCUT2D eigenvalue weighted by atomic mass is 19.4. The first-order chi connectivity index (χ1) is 54.0. The number of nitrogens with zero attached hydrogens (tertiary/aromatic N) is 21. The molecule has 0 unspecified atom stereocenters. The van der Waals surface area contributed by atoms with Crippen molar-refractivity contribution in [3.05, 3.63) is 198 Å². The van der Waals surface area contributed by atoms with Crippen LogP contribution >= 0.6 is 0 Å². The number of halogens is 3. The lowest BCUT2D eigenvalue weighted by Crippen LogP contribution is -2.22. The van der Waals surface area contributed by atoms with E-state index in [0.29, 0.717) is 24.5 Å². The number of nitrogens with one attached hydrogen (secondary N) is 1. The molecule has 7 aromatic heterocycles. The summed E-state index contributed by atoms with van der Waals surface area (Å²) in [5.41, 5.74) is 14.8. The smallest absolute Gasteiger partial charge is 0.416 e. The van der Waals surface area contributed by atoms with Gasteiger partial charge in [0.2, 0.25) is 0 Å². The van der Waals surface area contributed by atoms with Crippen LogP contribution in [0.1, 0.15) is 136 Å². The number of aromatic amines is 1. The summed E-state index contributed by atoms with van der Waals surface area (Å²) in [6.45, 7) is 16.0. The first-order valence-electron chi connectivity index (χ1n) is 40.2. The summed E-state index contributed by atoms with van der Waals surface area (Å²) in [6.07, 6.45) is 11.0. The molecule has 0 fully saturated rings. The van der Waals surface area contributed by atoms with Gasteiger partial charge in [0.25, 0.3) is 0 Å². The number of aryl methyl sites for hydroxylation is 1. The molecule has 1 aliphatic heterocycles. The number of rotatable bonds is 27. The Labute approximate surface area is 693 Å². The second kappa shape index (κ2) is 57.0. The topological polar surface area (TPSA) is 178 Å². The Kier molecular flexibility index (Phi) is 51.5. The normalized spacial score (nSPS) is 13.3. The van der Waals surface area contributed by atoms with E-state index in [0.717, 1.165) is 155 Å². The van der Waals surface area contributed by atoms with E-state index in [1.165, 1.54) is 86.4 Å². The van der Waals surface area contributed by atoms with Gasteiger partial charge >= 0.3 is 6.18 Å². The van der Waals surface area contributed by atoms with Crippen molar-refractivity contribution >= 4 is 0 Å². The molecular formula is C88H151F3N22O2. The van der Waals surface area contributed by atoms with Crippen LogP contribution in [0.25, 0.3) is 0 Å². The fourth-order valence-electron chi connectivity index (χ4n) is 12.1. The highest BCUT2D eigenvalue weighted by molar-refractivity contribution is 5.28. The maximum Gasteiger partial charge on any atom is 0.416 e. The van der Waals surface area contributed by atoms with E-state index in [-0.39, 0.29) is 5.43 Å². The second-order valence-electron chi connectivity index (χ2n) is 33.5. The van der Waals surface area contributed by atoms with Crippen LogP contribution in [-0.2, 0) is 97.6 Å². The minimum absolute atomic E-state index is 0.0717. The molecule has 27 heteroatoms. The SMILES string of the molecule is CN(C)CCc1cccc(CCN(C)C)n1.CN(C)Cc1cc(=O)cc(CN(C)C)[nH]1.CN(C)Cc1cc(C(F)(F)F)cc(CN(C)C)n1.CN(C)Cc1cncc(CN(C)C)n1.CN1CCCCCCCCCN(C)Cc2cccc(n2)C1.COc1cc(CN(C)C)nc(CN(C)C)c1.Cc1cc(CN(C)C)nc(CN(C)C)c1. The third kappa shape index (κ3) is 53.0. The van der Waals surface area contributed by atoms with Crippen LogP contribution in [0.2, 0.25) is 0 Å². The van der Waals surface area contributed by atoms with E-state index in [9.17, 15) is 18.0 Å². The van der Waals surface area contributed by atoms with Crippen molar-refractivity contribution in [2.75, 3.05) is 217 Å². The molecule has 0 aliphatic carbocycles. The predicted molar refractivity (Wildman–Crippen MR) is 470 cm³/mol. The predicted octanol–water partition coefficient (Wildman–Crippen LogP) is 11.0. The van der Waals surface area contributed by atoms with Gasteiger partial charge in [-0.3, -0.25) is 39.7 Å². The van der Waals surface area contributed by atoms with Crippen molar-refractivity contribution in [3.63, 3.8) is 0 Å². The molecule has 0 saturated carbocycles. The maximum absolute atomic E-state index is 12.8. The molecule has 0 spiro atoms. The van der Waals surface area contributed by atoms with Gasteiger partial charge in [0.05, 0.1) is 69.6 Å². The van der Waals surface area contributed by atoms with E-state index in [4.69, 9.17) is 9.72 Å². The number of pyridine rings is 6. The minimum Gasteiger partial charge on any atom is -0.497 e. The van der Waals surface area contributed by atoms with E-state index >= 15 is 0 Å². The zero-order chi connectivity index (χ0) is 86.3. The third-order valence-corrected chi connectivity index (χ3v) is 16.8. The van der Waals surface area contributed by atoms with E-state index in [2.05, 4.69) is 210 Å². The Morgan fingerprint density at radius 3 is 0.991 bits per heavy atom. The van der Waals surface area contributed by atoms with Crippen molar-refractivity contribution in [1.29, 1.82) is 0 Å². The zero-order valence-electron chi connectivity index (χ0n) is 76.3. The number of H-pyrrole nitrogens is 1. The molecule has 2 bridgehead atoms. The first-order valence-corrected chi connectivity index (χ1v) is 40.2. The van der Waals surface area contributed by atoms with Crippen LogP contribution in [0.3, 0.4) is 0 Å². The van der Waals surface area contributed by atoms with Gasteiger partial charge in [-0.05, 0) is 270 Å². The van der Waals surface area contributed by atoms with Gasteiger partial charge in [0.1, 0.15) is 5.75 Å². The lowest BCUT2D eigenvalue weighted by atomic mass is 10.1. The maximum atomic E-state index is 12.8. The summed E-state index contributed by atoms with van der Waals surface area (Å²) in [7, 11) is 54.1. The average molecular weight is 1610 g/mol. The molecule has 0 saturated heterocycles. The molecule has 0 amide bonds. The van der Waals surface area contributed by atoms with Crippen molar-refractivity contribution in [2.45, 2.75) is 149 Å². The summed E-state index contributed by atoms with van der Waals surface area (Å²) in [5, 5.41) is 0. The summed E-state index contributed by atoms with van der Waals surface area (Å²) < 4.78 is 43.6. The van der Waals surface area contributed by atoms with Crippen LogP contribution < -0.4 is 10.2 Å². The molecule has 0 aromatic carbocycles. The summed E-state index contributed by atoms with van der Waals surface area (Å²) >= 11 is 0. The molecule has 0 atom stereocenters. The molecule has 8 heterocycles. The molecule has 1 aliphatic rings. The minimum atomic E-state index is -4.33. The molecule has 7 aromatic rings. The van der Waals surface area contributed by atoms with Crippen LogP contribution in [0.5, 0.6) is 5.75 Å². The van der Waals surface area contributed by atoms with Crippen LogP contribution in [0.15, 0.2) is 102 Å². The lowest BCUT2D eigenvalue weighted by molar-refractivity contribution is -0.137. The molecular weight excluding hydrogens is 1450 g/mol. The Hall–Kier alpha value is -7.19. The number of hydrogen-bond donors (Lipinski definition) is 1. The molecule has 8 rings (SSSR count). The van der Waals surface area contributed by atoms with E-state index < -0.39 is 11.7 Å². The van der Waals surface area contributed by atoms with Gasteiger partial charge < -0.3 is 78.3 Å². The summed E-state index contributed by atoms with van der Waals surface area (Å²) in [4.78, 5) is 75.8. The lowest BCUT2D eigenvalue weighted by Gasteiger charge is -2.19. The number of alkyl halides is 3. The van der Waals surface area contributed by atoms with Gasteiger partial charge in [-0.1, -0.05) is 44.2 Å². The van der Waals surface area contributed by atoms with Crippen molar-refractivity contribution in [1.82, 2.24) is 108 Å². The van der Waals surface area contributed by atoms with Crippen LogP contribution in [-0.4, -0.2) is 325 Å². The molecule has 0 radical (unpaired) electrons. The third-order valence-electron chi connectivity index (χ3n) is 16.8. The zero-order valence-corrected chi connectivity index (χ0v) is 76.3. The number of aromatic nitrogens is 8. The van der Waals surface area contributed by atoms with Crippen molar-refractivity contribution in [2.24, 2.45) is 0 Å². The second-order valence-corrected chi connectivity index (χ2v) is 33.5. The molecule has 1 N–H and O–H groups in total. The Balaban J connectivity index is 0.000000457. The van der Waals surface area contributed by atoms with E-state index in [1.807, 2.05) is 119 Å². The first kappa shape index (κ1) is 104. The van der Waals surface area contributed by atoms with Crippen molar-refractivity contribution in [3.8, 4) is 5.75 Å². The number of likely N-dealkylation sites (N-methyl/N-ethyl adjacent to an activating group) is 2. The van der Waals surface area contributed by atoms with E-state index in [1.54, 1.807) is 57.2 Å². The van der Waals surface area contributed by atoms with Gasteiger partial charge in [0.15, 0.2) is 5.43 Å². The van der Waals surface area contributed by atoms with Crippen LogP contribution in [0.4, 0.5) is 13.2 Å². The Morgan fingerprint density at radius 2 is 0.670 bits per heavy atom. The molecule has 24 nitrogen and oxygen atoms in total. The average Bonchev–Trinajstić information content (AvgIpc) is 0.846. The van der Waals surface area contributed by atoms with Gasteiger partial charge in [-0.2, -0.15) is 13.2 Å². The fraction of sp³-hybridized carbons (Fsp3) is 0.614. The van der Waals surface area contributed by atoms with Gasteiger partial charge in [-0.15, -0.1) is 0 Å². The monoisotopic (exact) mass is 1610 g/mol. The number of ether oxygens (including phenoxy) is 1. The number of methoxy groups -OCH3 is 1. The highest BCUT2D eigenvalue weighted by Gasteiger charge is 2.32. The number of fused-ring (bicyclic) bond motifs is 2. The largest absolute Gasteiger partial charge is 0.497 e. The standard InChI is InChI=1S/C18H31N3.C13H23N3.C12H18F3N3.C12H21N3O.C12H21N3.C11H19N3O.C10H18N4/c1-20-13-8-6-4-3-5-7-9-14-21(2)16-18-12-10-11-17(15-20)19-18;1-15(2)10-8-12-6-5-7-13(14-12)9-11-16(3)4;1-17(2)7-10-5-9(12(13,14)15)6-11(16-10)8-18(3)4;1-14(2)8-10-6-12(16-5)7-11(13-10)9-15(3)4;1-10-6-11(8-14(2)3)13-12(7-10)9-15(4)5;1-13(2)7-9-5-11(15)6-10(12-9)8-14(3)4;1-13(2)7-9-5-11-6-10(12-9)8-14(3)4/h10-12H,3-9,13-16H2,1-2H3;5-7H,8-11H2,1-4H3;5-6H,7-8H2,1-4H3;6-7H,8-9H2,1-5H3;6-7H,8-9H2,1-5H3;5-6H,7-8H2,1-4H3,(H,12,15);5-6H,7-8H2,1-4H3. The fourth-order valence-corrected chi connectivity index (χ4v) is 12.1. The Bertz CT molecular complexity index is 3590.